The van der Waals surface area contributed by atoms with Crippen molar-refractivity contribution in [2.45, 2.75) is 52.2 Å². The molecule has 1 amide bonds. The fourth-order valence-electron chi connectivity index (χ4n) is 3.41. The molecule has 0 aliphatic carbocycles. The van der Waals surface area contributed by atoms with Crippen LogP contribution >= 0.6 is 0 Å². The zero-order valence-electron chi connectivity index (χ0n) is 15.7. The minimum absolute atomic E-state index is 0.0125. The molecule has 0 bridgehead atoms. The Balaban J connectivity index is 1.81. The van der Waals surface area contributed by atoms with E-state index in [0.29, 0.717) is 24.7 Å². The molecular formula is C20H29N3O2. The van der Waals surface area contributed by atoms with Crippen LogP contribution in [0.2, 0.25) is 0 Å². The molecule has 3 heterocycles. The second-order valence-corrected chi connectivity index (χ2v) is 7.43. The minimum Gasteiger partial charge on any atom is -0.371 e. The molecule has 2 aromatic rings. The summed E-state index contributed by atoms with van der Waals surface area (Å²) in [5.41, 5.74) is 1.37. The van der Waals surface area contributed by atoms with Crippen molar-refractivity contribution < 1.29 is 9.53 Å². The predicted octanol–water partition coefficient (Wildman–Crippen LogP) is 3.63. The van der Waals surface area contributed by atoms with E-state index in [1.807, 2.05) is 40.9 Å². The molecule has 1 aliphatic rings. The van der Waals surface area contributed by atoms with Gasteiger partial charge in [-0.2, -0.15) is 0 Å². The van der Waals surface area contributed by atoms with Gasteiger partial charge in [0, 0.05) is 31.7 Å². The largest absolute Gasteiger partial charge is 0.371 e. The number of nitrogens with zero attached hydrogens (tertiary/aromatic N) is 3. The van der Waals surface area contributed by atoms with Gasteiger partial charge >= 0.3 is 0 Å². The van der Waals surface area contributed by atoms with Crippen molar-refractivity contribution in [2.24, 2.45) is 13.0 Å². The SMILES string of the molecule is CCCC[C@@H]1CN(C(=O)c2ccc3ccn(C)c3n2)C[C@H](C(C)C)O1. The van der Waals surface area contributed by atoms with Crippen LogP contribution in [-0.4, -0.2) is 45.7 Å². The lowest BCUT2D eigenvalue weighted by molar-refractivity contribution is -0.0963. The molecule has 0 radical (unpaired) electrons. The summed E-state index contributed by atoms with van der Waals surface area (Å²) in [5, 5.41) is 1.06. The van der Waals surface area contributed by atoms with Gasteiger partial charge in [0.05, 0.1) is 12.2 Å². The van der Waals surface area contributed by atoms with Gasteiger partial charge in [-0.3, -0.25) is 4.79 Å². The van der Waals surface area contributed by atoms with E-state index in [9.17, 15) is 4.79 Å². The van der Waals surface area contributed by atoms with E-state index < -0.39 is 0 Å². The van der Waals surface area contributed by atoms with E-state index in [4.69, 9.17) is 4.74 Å². The van der Waals surface area contributed by atoms with E-state index in [1.165, 1.54) is 0 Å². The summed E-state index contributed by atoms with van der Waals surface area (Å²) in [5.74, 6) is 0.404. The first kappa shape index (κ1) is 17.9. The number of fused-ring (bicyclic) bond motifs is 1. The molecule has 0 spiro atoms. The van der Waals surface area contributed by atoms with Crippen molar-refractivity contribution in [3.63, 3.8) is 0 Å². The van der Waals surface area contributed by atoms with Crippen molar-refractivity contribution in [2.75, 3.05) is 13.1 Å². The first-order valence-corrected chi connectivity index (χ1v) is 9.36. The second-order valence-electron chi connectivity index (χ2n) is 7.43. The highest BCUT2D eigenvalue weighted by atomic mass is 16.5. The van der Waals surface area contributed by atoms with Gasteiger partial charge in [-0.15, -0.1) is 0 Å². The molecule has 1 aliphatic heterocycles. The predicted molar refractivity (Wildman–Crippen MR) is 99.6 cm³/mol. The lowest BCUT2D eigenvalue weighted by Crippen LogP contribution is -2.51. The van der Waals surface area contributed by atoms with Crippen LogP contribution in [0.15, 0.2) is 24.4 Å². The Hall–Kier alpha value is -1.88. The normalized spacial score (nSPS) is 21.2. The molecule has 3 rings (SSSR count). The first-order chi connectivity index (χ1) is 12.0. The smallest absolute Gasteiger partial charge is 0.272 e. The van der Waals surface area contributed by atoms with Crippen LogP contribution < -0.4 is 0 Å². The van der Waals surface area contributed by atoms with Crippen LogP contribution in [0.3, 0.4) is 0 Å². The molecule has 1 fully saturated rings. The Morgan fingerprint density at radius 3 is 2.84 bits per heavy atom. The number of unbranched alkanes of at least 4 members (excludes halogenated alkanes) is 1. The summed E-state index contributed by atoms with van der Waals surface area (Å²) in [4.78, 5) is 19.6. The van der Waals surface area contributed by atoms with Crippen LogP contribution in [0.1, 0.15) is 50.5 Å². The highest BCUT2D eigenvalue weighted by Gasteiger charge is 2.32. The lowest BCUT2D eigenvalue weighted by Gasteiger charge is -2.39. The number of aromatic nitrogens is 2. The highest BCUT2D eigenvalue weighted by molar-refractivity contribution is 5.94. The van der Waals surface area contributed by atoms with Gasteiger partial charge in [0.15, 0.2) is 0 Å². The maximum absolute atomic E-state index is 13.1. The van der Waals surface area contributed by atoms with Gasteiger partial charge in [0.2, 0.25) is 0 Å². The Morgan fingerprint density at radius 1 is 1.32 bits per heavy atom. The van der Waals surface area contributed by atoms with E-state index >= 15 is 0 Å². The third kappa shape index (κ3) is 3.87. The molecule has 5 heteroatoms. The molecule has 0 unspecified atom stereocenters. The van der Waals surface area contributed by atoms with Gasteiger partial charge in [-0.05, 0) is 30.5 Å². The maximum atomic E-state index is 13.1. The Kier molecular flexibility index (Phi) is 5.42. The van der Waals surface area contributed by atoms with Gasteiger partial charge in [-0.1, -0.05) is 33.6 Å². The molecule has 136 valence electrons. The molecule has 2 aromatic heterocycles. The number of aryl methyl sites for hydroxylation is 1. The van der Waals surface area contributed by atoms with E-state index in [-0.39, 0.29) is 18.1 Å². The lowest BCUT2D eigenvalue weighted by atomic mass is 10.0. The number of hydrogen-bond donors (Lipinski definition) is 0. The number of ether oxygens (including phenoxy) is 1. The van der Waals surface area contributed by atoms with Gasteiger partial charge in [-0.25, -0.2) is 4.98 Å². The standard InChI is InChI=1S/C20H29N3O2/c1-5-6-7-16-12-23(13-18(25-16)14(2)3)20(24)17-9-8-15-10-11-22(4)19(15)21-17/h8-11,14,16,18H,5-7,12-13H2,1-4H3/t16-,18-/m1/s1. The zero-order chi connectivity index (χ0) is 18.0. The quantitative estimate of drug-likeness (QED) is 0.833. The van der Waals surface area contributed by atoms with E-state index in [1.54, 1.807) is 0 Å². The molecule has 0 saturated carbocycles. The van der Waals surface area contributed by atoms with Crippen molar-refractivity contribution >= 4 is 16.9 Å². The number of pyridine rings is 1. The number of carbonyl (C=O) groups excluding carboxylic acids is 1. The Morgan fingerprint density at radius 2 is 2.12 bits per heavy atom. The first-order valence-electron chi connectivity index (χ1n) is 9.36. The fourth-order valence-corrected chi connectivity index (χ4v) is 3.41. The molecule has 1 saturated heterocycles. The topological polar surface area (TPSA) is 47.4 Å². The number of carbonyl (C=O) groups is 1. The highest BCUT2D eigenvalue weighted by Crippen LogP contribution is 2.23. The van der Waals surface area contributed by atoms with Gasteiger partial charge in [0.25, 0.3) is 5.91 Å². The summed E-state index contributed by atoms with van der Waals surface area (Å²) >= 11 is 0. The summed E-state index contributed by atoms with van der Waals surface area (Å²) in [7, 11) is 1.95. The molecule has 0 aromatic carbocycles. The molecule has 2 atom stereocenters. The average molecular weight is 343 g/mol. The number of rotatable bonds is 5. The second kappa shape index (κ2) is 7.56. The Labute approximate surface area is 150 Å². The third-order valence-electron chi connectivity index (χ3n) is 5.04. The molecule has 25 heavy (non-hydrogen) atoms. The van der Waals surface area contributed by atoms with Crippen LogP contribution in [0.4, 0.5) is 0 Å². The summed E-state index contributed by atoms with van der Waals surface area (Å²) < 4.78 is 8.18. The van der Waals surface area contributed by atoms with Crippen molar-refractivity contribution in [1.29, 1.82) is 0 Å². The van der Waals surface area contributed by atoms with Crippen molar-refractivity contribution in [1.82, 2.24) is 14.5 Å². The van der Waals surface area contributed by atoms with Crippen molar-refractivity contribution in [3.8, 4) is 0 Å². The minimum atomic E-state index is 0.0125. The number of amides is 1. The monoisotopic (exact) mass is 343 g/mol. The molecule has 0 N–H and O–H groups in total. The summed E-state index contributed by atoms with van der Waals surface area (Å²) in [6, 6.07) is 5.83. The fraction of sp³-hybridized carbons (Fsp3) is 0.600. The number of hydrogen-bond acceptors (Lipinski definition) is 3. The third-order valence-corrected chi connectivity index (χ3v) is 5.04. The van der Waals surface area contributed by atoms with Gasteiger partial charge in [0.1, 0.15) is 11.3 Å². The van der Waals surface area contributed by atoms with E-state index in [2.05, 4.69) is 25.8 Å². The van der Waals surface area contributed by atoms with Crippen LogP contribution in [-0.2, 0) is 11.8 Å². The Bertz CT molecular complexity index is 738. The van der Waals surface area contributed by atoms with Crippen molar-refractivity contribution in [3.05, 3.63) is 30.1 Å². The maximum Gasteiger partial charge on any atom is 0.272 e. The van der Waals surface area contributed by atoms with Gasteiger partial charge < -0.3 is 14.2 Å². The molecular weight excluding hydrogens is 314 g/mol. The number of morpholine rings is 1. The summed E-state index contributed by atoms with van der Waals surface area (Å²) in [6.45, 7) is 7.80. The average Bonchev–Trinajstić information content (AvgIpc) is 2.99. The molecule has 5 nitrogen and oxygen atoms in total. The van der Waals surface area contributed by atoms with Crippen LogP contribution in [0, 0.1) is 5.92 Å². The summed E-state index contributed by atoms with van der Waals surface area (Å²) in [6.07, 6.45) is 5.48. The van der Waals surface area contributed by atoms with Crippen LogP contribution in [0.5, 0.6) is 0 Å². The van der Waals surface area contributed by atoms with Crippen LogP contribution in [0.25, 0.3) is 11.0 Å². The van der Waals surface area contributed by atoms with E-state index in [0.717, 1.165) is 30.3 Å². The zero-order valence-corrected chi connectivity index (χ0v) is 15.7.